The molecule has 3 N–H and O–H groups in total. The van der Waals surface area contributed by atoms with E-state index in [1.807, 2.05) is 18.2 Å². The van der Waals surface area contributed by atoms with E-state index in [2.05, 4.69) is 25.2 Å². The third kappa shape index (κ3) is 5.77. The molecule has 3 aliphatic heterocycles. The molecule has 198 valence electrons. The minimum atomic E-state index is -0.887. The van der Waals surface area contributed by atoms with Crippen molar-refractivity contribution in [3.8, 4) is 5.75 Å². The number of amides is 3. The van der Waals surface area contributed by atoms with Crippen LogP contribution >= 0.6 is 0 Å². The monoisotopic (exact) mass is 501 g/mol. The quantitative estimate of drug-likeness (QED) is 0.639. The highest BCUT2D eigenvalue weighted by molar-refractivity contribution is 5.86. The van der Waals surface area contributed by atoms with Gasteiger partial charge in [0.05, 0.1) is 12.2 Å². The number of nitrogens with two attached hydrogens (primary N) is 1. The topological polar surface area (TPSA) is 120 Å². The summed E-state index contributed by atoms with van der Waals surface area (Å²) in [6.07, 6.45) is 1.000. The molecule has 9 nitrogen and oxygen atoms in total. The van der Waals surface area contributed by atoms with Gasteiger partial charge in [0.1, 0.15) is 23.0 Å². The van der Waals surface area contributed by atoms with E-state index in [0.717, 1.165) is 17.7 Å². The molecule has 0 aliphatic carbocycles. The van der Waals surface area contributed by atoms with Crippen LogP contribution in [0.2, 0.25) is 0 Å². The van der Waals surface area contributed by atoms with Gasteiger partial charge in [-0.15, -0.1) is 0 Å². The zero-order chi connectivity index (χ0) is 26.3. The molecule has 0 bridgehead atoms. The van der Waals surface area contributed by atoms with Crippen LogP contribution in [-0.4, -0.2) is 59.2 Å². The lowest BCUT2D eigenvalue weighted by Crippen LogP contribution is -2.58. The predicted molar refractivity (Wildman–Crippen MR) is 133 cm³/mol. The van der Waals surface area contributed by atoms with E-state index in [-0.39, 0.29) is 42.8 Å². The first kappa shape index (κ1) is 26.3. The van der Waals surface area contributed by atoms with Gasteiger partial charge in [-0.25, -0.2) is 4.79 Å². The van der Waals surface area contributed by atoms with Crippen LogP contribution in [0, 0.1) is 11.8 Å². The summed E-state index contributed by atoms with van der Waals surface area (Å²) in [7, 11) is 0. The van der Waals surface area contributed by atoms with Gasteiger partial charge < -0.3 is 30.2 Å². The van der Waals surface area contributed by atoms with Crippen molar-refractivity contribution in [2.75, 3.05) is 13.1 Å². The van der Waals surface area contributed by atoms with Crippen LogP contribution in [0.5, 0.6) is 5.75 Å². The number of carbonyl (C=O) groups is 3. The Kier molecular flexibility index (Phi) is 7.23. The number of rotatable bonds is 5. The molecule has 0 aromatic heterocycles. The average Bonchev–Trinajstić information content (AvgIpc) is 2.78. The first-order valence-corrected chi connectivity index (χ1v) is 12.8. The number of hydrogen-bond donors (Lipinski definition) is 2. The van der Waals surface area contributed by atoms with Gasteiger partial charge in [0.2, 0.25) is 11.8 Å². The number of primary amides is 1. The number of likely N-dealkylation sites (tertiary alicyclic amines) is 1. The Morgan fingerprint density at radius 1 is 1.25 bits per heavy atom. The number of alkyl carbamates (subject to hydrolysis) is 1. The second kappa shape index (κ2) is 9.92. The normalized spacial score (nSPS) is 27.4. The summed E-state index contributed by atoms with van der Waals surface area (Å²) >= 11 is 0. The Labute approximate surface area is 213 Å². The van der Waals surface area contributed by atoms with Crippen molar-refractivity contribution >= 4 is 17.9 Å². The molecule has 2 saturated heterocycles. The first-order valence-electron chi connectivity index (χ1n) is 12.8. The summed E-state index contributed by atoms with van der Waals surface area (Å²) in [5.74, 6) is 0.418. The molecule has 1 aromatic carbocycles. The van der Waals surface area contributed by atoms with Crippen LogP contribution in [0.1, 0.15) is 72.0 Å². The van der Waals surface area contributed by atoms with Gasteiger partial charge in [-0.3, -0.25) is 9.59 Å². The van der Waals surface area contributed by atoms with Crippen molar-refractivity contribution in [3.63, 3.8) is 0 Å². The minimum absolute atomic E-state index is 0.0100. The second-order valence-corrected chi connectivity index (χ2v) is 11.7. The third-order valence-electron chi connectivity index (χ3n) is 7.38. The maximum atomic E-state index is 13.5. The van der Waals surface area contributed by atoms with Crippen LogP contribution in [0.25, 0.3) is 0 Å². The molecule has 9 heteroatoms. The molecule has 0 radical (unpaired) electrons. The Morgan fingerprint density at radius 2 is 1.97 bits per heavy atom. The standard InChI is InChI=1S/C27H39N3O6/c1-26(2,3)36-25(33)29-19(10-11-22(28)31)24(32)30-13-12-20-16(15-30)14-18-23(34-20)17-8-6-7-9-21(17)35-27(18,4)5/h6-9,16,18-20,23H,10-15H2,1-5H3,(H2,28,31)(H,29,33)/t16-,18+,19-,20+,23-/m0/s1. The average molecular weight is 502 g/mol. The van der Waals surface area contributed by atoms with Crippen LogP contribution < -0.4 is 15.8 Å². The van der Waals surface area contributed by atoms with Crippen LogP contribution in [0.4, 0.5) is 4.79 Å². The van der Waals surface area contributed by atoms with Gasteiger partial charge in [-0.05, 0) is 59.9 Å². The summed E-state index contributed by atoms with van der Waals surface area (Å²) < 4.78 is 18.4. The first-order chi connectivity index (χ1) is 16.8. The lowest BCUT2D eigenvalue weighted by molar-refractivity contribution is -0.189. The molecule has 0 unspecified atom stereocenters. The van der Waals surface area contributed by atoms with Crippen molar-refractivity contribution in [1.29, 1.82) is 0 Å². The largest absolute Gasteiger partial charge is 0.487 e. The molecule has 3 aliphatic rings. The fourth-order valence-corrected chi connectivity index (χ4v) is 5.67. The van der Waals surface area contributed by atoms with Crippen molar-refractivity contribution in [3.05, 3.63) is 29.8 Å². The molecule has 4 rings (SSSR count). The summed E-state index contributed by atoms with van der Waals surface area (Å²) in [5.41, 5.74) is 5.31. The van der Waals surface area contributed by atoms with Crippen molar-refractivity contribution < 1.29 is 28.6 Å². The summed E-state index contributed by atoms with van der Waals surface area (Å²) in [6.45, 7) is 10.5. The van der Waals surface area contributed by atoms with E-state index in [0.29, 0.717) is 19.5 Å². The number of para-hydroxylation sites is 1. The molecular formula is C27H39N3O6. The van der Waals surface area contributed by atoms with E-state index < -0.39 is 29.2 Å². The highest BCUT2D eigenvalue weighted by atomic mass is 16.6. The van der Waals surface area contributed by atoms with Gasteiger partial charge in [-0.2, -0.15) is 0 Å². The number of fused-ring (bicyclic) bond motifs is 4. The van der Waals surface area contributed by atoms with Crippen LogP contribution in [-0.2, 0) is 19.1 Å². The number of carbonyl (C=O) groups excluding carboxylic acids is 3. The maximum Gasteiger partial charge on any atom is 0.408 e. The number of nitrogens with one attached hydrogen (secondary N) is 1. The van der Waals surface area contributed by atoms with Crippen LogP contribution in [0.15, 0.2) is 24.3 Å². The van der Waals surface area contributed by atoms with Crippen molar-refractivity contribution in [2.24, 2.45) is 17.6 Å². The zero-order valence-electron chi connectivity index (χ0n) is 21.9. The second-order valence-electron chi connectivity index (χ2n) is 11.7. The molecule has 5 atom stereocenters. The number of ether oxygens (including phenoxy) is 3. The summed E-state index contributed by atoms with van der Waals surface area (Å²) in [6, 6.07) is 7.17. The lowest BCUT2D eigenvalue weighted by atomic mass is 9.70. The zero-order valence-corrected chi connectivity index (χ0v) is 21.9. The highest BCUT2D eigenvalue weighted by Crippen LogP contribution is 2.52. The fraction of sp³-hybridized carbons (Fsp3) is 0.667. The third-order valence-corrected chi connectivity index (χ3v) is 7.38. The highest BCUT2D eigenvalue weighted by Gasteiger charge is 2.51. The van der Waals surface area contributed by atoms with E-state index in [1.165, 1.54) is 0 Å². The predicted octanol–water partition coefficient (Wildman–Crippen LogP) is 3.31. The number of piperidine rings is 1. The molecule has 1 aromatic rings. The maximum absolute atomic E-state index is 13.5. The molecule has 3 heterocycles. The summed E-state index contributed by atoms with van der Waals surface area (Å²) in [5, 5.41) is 2.66. The fourth-order valence-electron chi connectivity index (χ4n) is 5.67. The molecule has 0 spiro atoms. The molecular weight excluding hydrogens is 462 g/mol. The Hall–Kier alpha value is -2.81. The van der Waals surface area contributed by atoms with E-state index in [4.69, 9.17) is 19.9 Å². The molecule has 0 saturated carbocycles. The van der Waals surface area contributed by atoms with Gasteiger partial charge >= 0.3 is 6.09 Å². The van der Waals surface area contributed by atoms with E-state index in [9.17, 15) is 14.4 Å². The van der Waals surface area contributed by atoms with Gasteiger partial charge in [0.15, 0.2) is 0 Å². The van der Waals surface area contributed by atoms with Gasteiger partial charge in [0.25, 0.3) is 0 Å². The van der Waals surface area contributed by atoms with Crippen molar-refractivity contribution in [1.82, 2.24) is 10.2 Å². The smallest absolute Gasteiger partial charge is 0.408 e. The molecule has 36 heavy (non-hydrogen) atoms. The SMILES string of the molecule is CC(C)(C)OC(=O)N[C@@H](CCC(N)=O)C(=O)N1CC[C@H]2O[C@H]3c4ccccc4OC(C)(C)[C@@H]3C[C@H]2C1. The van der Waals surface area contributed by atoms with Gasteiger partial charge in [-0.1, -0.05) is 18.2 Å². The number of hydrogen-bond acceptors (Lipinski definition) is 6. The van der Waals surface area contributed by atoms with E-state index >= 15 is 0 Å². The minimum Gasteiger partial charge on any atom is -0.487 e. The Morgan fingerprint density at radius 3 is 2.67 bits per heavy atom. The van der Waals surface area contributed by atoms with Crippen LogP contribution in [0.3, 0.4) is 0 Å². The Bertz CT molecular complexity index is 1000. The summed E-state index contributed by atoms with van der Waals surface area (Å²) in [4.78, 5) is 39.1. The van der Waals surface area contributed by atoms with Crippen molar-refractivity contribution in [2.45, 2.75) is 89.8 Å². The molecule has 3 amide bonds. The lowest BCUT2D eigenvalue weighted by Gasteiger charge is -2.53. The Balaban J connectivity index is 1.46. The molecule has 2 fully saturated rings. The number of nitrogens with zero attached hydrogens (tertiary/aromatic N) is 1. The van der Waals surface area contributed by atoms with Gasteiger partial charge in [0, 0.05) is 36.9 Å². The number of benzene rings is 1. The van der Waals surface area contributed by atoms with E-state index in [1.54, 1.807) is 25.7 Å².